The highest BCUT2D eigenvalue weighted by atomic mass is 16.5. The summed E-state index contributed by atoms with van der Waals surface area (Å²) in [6.45, 7) is 5.45. The molecule has 2 aromatic rings. The quantitative estimate of drug-likeness (QED) is 0.792. The highest BCUT2D eigenvalue weighted by Crippen LogP contribution is 2.17. The maximum Gasteiger partial charge on any atom is 0.260 e. The van der Waals surface area contributed by atoms with E-state index in [1.54, 1.807) is 25.3 Å². The van der Waals surface area contributed by atoms with Crippen molar-refractivity contribution in [2.24, 2.45) is 0 Å². The van der Waals surface area contributed by atoms with E-state index in [0.717, 1.165) is 6.42 Å². The van der Waals surface area contributed by atoms with E-state index in [0.29, 0.717) is 35.7 Å². The predicted molar refractivity (Wildman–Crippen MR) is 85.8 cm³/mol. The Balaban J connectivity index is 2.48. The first kappa shape index (κ1) is 15.3. The molecule has 1 aromatic carbocycles. The lowest BCUT2D eigenvalue weighted by atomic mass is 10.2. The van der Waals surface area contributed by atoms with E-state index in [4.69, 9.17) is 10.5 Å². The van der Waals surface area contributed by atoms with Crippen molar-refractivity contribution in [2.75, 3.05) is 30.9 Å². The fourth-order valence-corrected chi connectivity index (χ4v) is 2.23. The minimum Gasteiger partial charge on any atom is -0.399 e. The Bertz CT molecular complexity index is 668. The van der Waals surface area contributed by atoms with Gasteiger partial charge in [0.2, 0.25) is 5.95 Å². The smallest absolute Gasteiger partial charge is 0.260 e. The molecule has 2 rings (SSSR count). The van der Waals surface area contributed by atoms with Crippen molar-refractivity contribution < 1.29 is 4.74 Å². The average molecular weight is 290 g/mol. The van der Waals surface area contributed by atoms with Gasteiger partial charge in [0.25, 0.3) is 5.56 Å². The van der Waals surface area contributed by atoms with Crippen LogP contribution in [0.25, 0.3) is 10.9 Å². The number of nitrogens with zero attached hydrogens (tertiary/aromatic N) is 2. The summed E-state index contributed by atoms with van der Waals surface area (Å²) < 4.78 is 5.14. The van der Waals surface area contributed by atoms with Gasteiger partial charge in [0.05, 0.1) is 17.5 Å². The number of H-pyrrole nitrogens is 1. The summed E-state index contributed by atoms with van der Waals surface area (Å²) in [4.78, 5) is 21.7. The van der Waals surface area contributed by atoms with Crippen molar-refractivity contribution in [3.05, 3.63) is 28.6 Å². The van der Waals surface area contributed by atoms with Crippen molar-refractivity contribution in [1.82, 2.24) is 9.97 Å². The zero-order chi connectivity index (χ0) is 15.4. The van der Waals surface area contributed by atoms with E-state index < -0.39 is 0 Å². The monoisotopic (exact) mass is 290 g/mol. The Morgan fingerprint density at radius 2 is 2.24 bits per heavy atom. The molecule has 0 bridgehead atoms. The molecule has 21 heavy (non-hydrogen) atoms. The number of rotatable bonds is 6. The Kier molecular flexibility index (Phi) is 4.80. The molecule has 0 saturated heterocycles. The van der Waals surface area contributed by atoms with Crippen molar-refractivity contribution in [3.8, 4) is 0 Å². The van der Waals surface area contributed by atoms with Crippen molar-refractivity contribution in [2.45, 2.75) is 26.3 Å². The molecule has 0 aliphatic heterocycles. The lowest BCUT2D eigenvalue weighted by molar-refractivity contribution is 0.203. The molecular weight excluding hydrogens is 268 g/mol. The van der Waals surface area contributed by atoms with Gasteiger partial charge in [-0.25, -0.2) is 4.98 Å². The first-order valence-electron chi connectivity index (χ1n) is 7.12. The van der Waals surface area contributed by atoms with Gasteiger partial charge in [-0.15, -0.1) is 0 Å². The number of aromatic amines is 1. The van der Waals surface area contributed by atoms with Crippen molar-refractivity contribution in [1.29, 1.82) is 0 Å². The van der Waals surface area contributed by atoms with Crippen LogP contribution in [0.1, 0.15) is 20.3 Å². The van der Waals surface area contributed by atoms with Crippen LogP contribution >= 0.6 is 0 Å². The lowest BCUT2D eigenvalue weighted by Crippen LogP contribution is -2.37. The molecular formula is C15H22N4O2. The highest BCUT2D eigenvalue weighted by Gasteiger charge is 2.16. The molecule has 1 aromatic heterocycles. The molecule has 6 heteroatoms. The molecule has 0 amide bonds. The Morgan fingerprint density at radius 1 is 1.48 bits per heavy atom. The minimum atomic E-state index is -0.173. The summed E-state index contributed by atoms with van der Waals surface area (Å²) in [6, 6.07) is 5.43. The van der Waals surface area contributed by atoms with E-state index in [1.165, 1.54) is 0 Å². The SMILES string of the molecule is CCC(C)N(CCOC)c1nc2ccc(N)cc2c(=O)[nH]1. The molecule has 1 heterocycles. The van der Waals surface area contributed by atoms with Crippen LogP contribution in [0, 0.1) is 0 Å². The molecule has 0 saturated carbocycles. The van der Waals surface area contributed by atoms with Crippen LogP contribution < -0.4 is 16.2 Å². The largest absolute Gasteiger partial charge is 0.399 e. The number of nitrogen functional groups attached to an aromatic ring is 1. The summed E-state index contributed by atoms with van der Waals surface area (Å²) in [5.41, 5.74) is 6.75. The van der Waals surface area contributed by atoms with Gasteiger partial charge in [0.1, 0.15) is 0 Å². The van der Waals surface area contributed by atoms with E-state index in [-0.39, 0.29) is 11.6 Å². The molecule has 114 valence electrons. The fourth-order valence-electron chi connectivity index (χ4n) is 2.23. The molecule has 3 N–H and O–H groups in total. The summed E-state index contributed by atoms with van der Waals surface area (Å²) in [7, 11) is 1.66. The Hall–Kier alpha value is -2.08. The van der Waals surface area contributed by atoms with Crippen molar-refractivity contribution in [3.63, 3.8) is 0 Å². The van der Waals surface area contributed by atoms with Gasteiger partial charge in [-0.05, 0) is 31.5 Å². The van der Waals surface area contributed by atoms with Gasteiger partial charge in [-0.1, -0.05) is 6.92 Å². The van der Waals surface area contributed by atoms with Crippen molar-refractivity contribution >= 4 is 22.5 Å². The van der Waals surface area contributed by atoms with Crippen LogP contribution in [0.15, 0.2) is 23.0 Å². The standard InChI is InChI=1S/C15H22N4O2/c1-4-10(2)19(7-8-21-3)15-17-13-6-5-11(16)9-12(13)14(20)18-15/h5-6,9-10H,4,7-8,16H2,1-3H3,(H,17,18,20). The van der Waals surface area contributed by atoms with Crippen LogP contribution in [0.2, 0.25) is 0 Å². The second kappa shape index (κ2) is 6.58. The first-order valence-corrected chi connectivity index (χ1v) is 7.12. The maximum absolute atomic E-state index is 12.2. The summed E-state index contributed by atoms with van der Waals surface area (Å²) in [5.74, 6) is 0.573. The zero-order valence-corrected chi connectivity index (χ0v) is 12.7. The topological polar surface area (TPSA) is 84.2 Å². The third-order valence-corrected chi connectivity index (χ3v) is 3.65. The number of aromatic nitrogens is 2. The fraction of sp³-hybridized carbons (Fsp3) is 0.467. The number of benzene rings is 1. The molecule has 6 nitrogen and oxygen atoms in total. The second-order valence-electron chi connectivity index (χ2n) is 5.11. The van der Waals surface area contributed by atoms with Gasteiger partial charge < -0.3 is 15.4 Å². The van der Waals surface area contributed by atoms with Gasteiger partial charge in [-0.2, -0.15) is 0 Å². The number of hydrogen-bond acceptors (Lipinski definition) is 5. The normalized spacial score (nSPS) is 12.5. The van der Waals surface area contributed by atoms with Gasteiger partial charge in [-0.3, -0.25) is 9.78 Å². The average Bonchev–Trinajstić information content (AvgIpc) is 2.48. The van der Waals surface area contributed by atoms with Gasteiger partial charge in [0.15, 0.2) is 0 Å². The van der Waals surface area contributed by atoms with Crippen LogP contribution in [-0.4, -0.2) is 36.3 Å². The molecule has 1 unspecified atom stereocenters. The molecule has 1 atom stereocenters. The number of anilines is 2. The highest BCUT2D eigenvalue weighted by molar-refractivity contribution is 5.81. The third kappa shape index (κ3) is 3.33. The van der Waals surface area contributed by atoms with E-state index in [1.807, 2.05) is 0 Å². The minimum absolute atomic E-state index is 0.173. The molecule has 0 spiro atoms. The Morgan fingerprint density at radius 3 is 2.90 bits per heavy atom. The van der Waals surface area contributed by atoms with Crippen LogP contribution in [0.5, 0.6) is 0 Å². The number of methoxy groups -OCH3 is 1. The van der Waals surface area contributed by atoms with Gasteiger partial charge in [0, 0.05) is 25.4 Å². The van der Waals surface area contributed by atoms with E-state index in [2.05, 4.69) is 28.7 Å². The number of hydrogen-bond donors (Lipinski definition) is 2. The molecule has 0 radical (unpaired) electrons. The van der Waals surface area contributed by atoms with Crippen LogP contribution in [0.3, 0.4) is 0 Å². The maximum atomic E-state index is 12.2. The number of nitrogens with one attached hydrogen (secondary N) is 1. The Labute approximate surface area is 123 Å². The summed E-state index contributed by atoms with van der Waals surface area (Å²) in [5, 5.41) is 0.509. The number of ether oxygens (including phenoxy) is 1. The third-order valence-electron chi connectivity index (χ3n) is 3.65. The zero-order valence-electron chi connectivity index (χ0n) is 12.7. The summed E-state index contributed by atoms with van der Waals surface area (Å²) >= 11 is 0. The van der Waals surface area contributed by atoms with Crippen LogP contribution in [0.4, 0.5) is 11.6 Å². The molecule has 0 aliphatic carbocycles. The van der Waals surface area contributed by atoms with Gasteiger partial charge >= 0.3 is 0 Å². The predicted octanol–water partition coefficient (Wildman–Crippen LogP) is 1.76. The number of nitrogens with two attached hydrogens (primary N) is 1. The summed E-state index contributed by atoms with van der Waals surface area (Å²) in [6.07, 6.45) is 0.952. The molecule has 0 aliphatic rings. The van der Waals surface area contributed by atoms with Crippen LogP contribution in [-0.2, 0) is 4.74 Å². The van der Waals surface area contributed by atoms with E-state index in [9.17, 15) is 4.79 Å². The molecule has 0 fully saturated rings. The first-order chi connectivity index (χ1) is 10.1. The number of fused-ring (bicyclic) bond motifs is 1. The lowest BCUT2D eigenvalue weighted by Gasteiger charge is -2.28. The van der Waals surface area contributed by atoms with E-state index >= 15 is 0 Å². The second-order valence-corrected chi connectivity index (χ2v) is 5.11.